The summed E-state index contributed by atoms with van der Waals surface area (Å²) in [5.41, 5.74) is 0.00469. The zero-order valence-corrected chi connectivity index (χ0v) is 11.1. The zero-order valence-electron chi connectivity index (χ0n) is 11.1. The average Bonchev–Trinajstić information content (AvgIpc) is 2.33. The molecule has 0 aromatic heterocycles. The van der Waals surface area contributed by atoms with Crippen LogP contribution in [0.2, 0.25) is 0 Å². The van der Waals surface area contributed by atoms with Gasteiger partial charge in [0.25, 0.3) is 0 Å². The van der Waals surface area contributed by atoms with Crippen LogP contribution in [0.4, 0.5) is 0 Å². The van der Waals surface area contributed by atoms with Crippen LogP contribution < -0.4 is 0 Å². The smallest absolute Gasteiger partial charge is 0.0645 e. The second-order valence-corrected chi connectivity index (χ2v) is 6.10. The lowest BCUT2D eigenvalue weighted by molar-refractivity contribution is -0.106. The Morgan fingerprint density at radius 3 is 2.53 bits per heavy atom. The van der Waals surface area contributed by atoms with E-state index in [2.05, 4.69) is 18.7 Å². The van der Waals surface area contributed by atoms with Crippen LogP contribution >= 0.6 is 0 Å². The van der Waals surface area contributed by atoms with E-state index in [-0.39, 0.29) is 17.6 Å². The van der Waals surface area contributed by atoms with Gasteiger partial charge in [0.05, 0.1) is 26.4 Å². The second kappa shape index (κ2) is 5.22. The molecular weight excluding hydrogens is 218 g/mol. The van der Waals surface area contributed by atoms with Crippen LogP contribution in [-0.4, -0.2) is 61.7 Å². The van der Waals surface area contributed by atoms with E-state index in [0.29, 0.717) is 6.61 Å². The van der Waals surface area contributed by atoms with Crippen LogP contribution in [0.1, 0.15) is 26.7 Å². The molecule has 2 aliphatic heterocycles. The van der Waals surface area contributed by atoms with Crippen molar-refractivity contribution in [2.24, 2.45) is 5.41 Å². The minimum Gasteiger partial charge on any atom is -0.396 e. The average molecular weight is 243 g/mol. The summed E-state index contributed by atoms with van der Waals surface area (Å²) < 4.78 is 11.1. The lowest BCUT2D eigenvalue weighted by Crippen LogP contribution is -2.58. The molecule has 100 valence electrons. The van der Waals surface area contributed by atoms with Crippen LogP contribution in [-0.2, 0) is 9.47 Å². The highest BCUT2D eigenvalue weighted by molar-refractivity contribution is 4.91. The minimum atomic E-state index is -0.0626. The Morgan fingerprint density at radius 2 is 1.94 bits per heavy atom. The highest BCUT2D eigenvalue weighted by Crippen LogP contribution is 2.32. The fourth-order valence-corrected chi connectivity index (χ4v) is 2.80. The van der Waals surface area contributed by atoms with Crippen molar-refractivity contribution in [2.75, 3.05) is 46.1 Å². The number of ether oxygens (including phenoxy) is 2. The molecule has 2 saturated heterocycles. The molecule has 0 radical (unpaired) electrons. The summed E-state index contributed by atoms with van der Waals surface area (Å²) in [6, 6.07) is 0. The van der Waals surface area contributed by atoms with Crippen LogP contribution in [0.3, 0.4) is 0 Å². The largest absolute Gasteiger partial charge is 0.396 e. The Labute approximate surface area is 104 Å². The van der Waals surface area contributed by atoms with Crippen molar-refractivity contribution in [2.45, 2.75) is 32.2 Å². The maximum atomic E-state index is 9.70. The molecule has 1 atom stereocenters. The van der Waals surface area contributed by atoms with Gasteiger partial charge < -0.3 is 14.6 Å². The van der Waals surface area contributed by atoms with Crippen molar-refractivity contribution in [1.29, 1.82) is 0 Å². The van der Waals surface area contributed by atoms with Gasteiger partial charge in [-0.2, -0.15) is 0 Å². The van der Waals surface area contributed by atoms with Crippen LogP contribution in [0, 0.1) is 5.41 Å². The monoisotopic (exact) mass is 243 g/mol. The van der Waals surface area contributed by atoms with E-state index in [4.69, 9.17) is 9.47 Å². The first-order valence-corrected chi connectivity index (χ1v) is 6.59. The lowest BCUT2D eigenvalue weighted by atomic mass is 9.81. The molecule has 0 aromatic carbocycles. The Bertz CT molecular complexity index is 249. The Hall–Kier alpha value is -0.160. The van der Waals surface area contributed by atoms with E-state index in [0.717, 1.165) is 45.8 Å². The Balaban J connectivity index is 2.01. The van der Waals surface area contributed by atoms with Gasteiger partial charge in [-0.15, -0.1) is 0 Å². The minimum absolute atomic E-state index is 0.0626. The third-order valence-electron chi connectivity index (χ3n) is 4.08. The fraction of sp³-hybridized carbons (Fsp3) is 1.00. The molecule has 0 aromatic rings. The van der Waals surface area contributed by atoms with Gasteiger partial charge in [0.15, 0.2) is 0 Å². The summed E-state index contributed by atoms with van der Waals surface area (Å²) in [7, 11) is 0. The number of aliphatic hydroxyl groups is 1. The summed E-state index contributed by atoms with van der Waals surface area (Å²) in [6.07, 6.45) is 2.13. The molecule has 2 heterocycles. The standard InChI is InChI=1S/C13H25NO3/c1-12(2)10-17-7-5-14(12)8-13(9-15)4-3-6-16-11-13/h15H,3-11H2,1-2H3. The van der Waals surface area contributed by atoms with Crippen molar-refractivity contribution in [3.63, 3.8) is 0 Å². The Kier molecular flexibility index (Phi) is 4.08. The maximum absolute atomic E-state index is 9.70. The third kappa shape index (κ3) is 2.99. The molecule has 0 saturated carbocycles. The van der Waals surface area contributed by atoms with Crippen molar-refractivity contribution >= 4 is 0 Å². The van der Waals surface area contributed by atoms with Gasteiger partial charge in [-0.25, -0.2) is 0 Å². The molecule has 0 bridgehead atoms. The van der Waals surface area contributed by atoms with Crippen LogP contribution in [0.5, 0.6) is 0 Å². The molecule has 2 fully saturated rings. The molecule has 1 unspecified atom stereocenters. The van der Waals surface area contributed by atoms with Gasteiger partial charge in [-0.05, 0) is 26.7 Å². The second-order valence-electron chi connectivity index (χ2n) is 6.10. The van der Waals surface area contributed by atoms with E-state index in [1.807, 2.05) is 0 Å². The quantitative estimate of drug-likeness (QED) is 0.799. The van der Waals surface area contributed by atoms with E-state index in [1.165, 1.54) is 0 Å². The highest BCUT2D eigenvalue weighted by Gasteiger charge is 2.39. The lowest BCUT2D eigenvalue weighted by Gasteiger charge is -2.47. The van der Waals surface area contributed by atoms with Crippen LogP contribution in [0.15, 0.2) is 0 Å². The van der Waals surface area contributed by atoms with Crippen LogP contribution in [0.25, 0.3) is 0 Å². The van der Waals surface area contributed by atoms with Gasteiger partial charge in [0.2, 0.25) is 0 Å². The zero-order chi connectivity index (χ0) is 12.4. The molecule has 4 nitrogen and oxygen atoms in total. The van der Waals surface area contributed by atoms with Crippen molar-refractivity contribution in [3.05, 3.63) is 0 Å². The predicted octanol–water partition coefficient (Wildman–Crippen LogP) is 0.886. The van der Waals surface area contributed by atoms with Gasteiger partial charge in [-0.3, -0.25) is 4.90 Å². The molecule has 2 aliphatic rings. The predicted molar refractivity (Wildman–Crippen MR) is 66.0 cm³/mol. The fourth-order valence-electron chi connectivity index (χ4n) is 2.80. The normalized spacial score (nSPS) is 34.8. The van der Waals surface area contributed by atoms with E-state index in [9.17, 15) is 5.11 Å². The first-order chi connectivity index (χ1) is 8.08. The van der Waals surface area contributed by atoms with Crippen molar-refractivity contribution in [3.8, 4) is 0 Å². The molecule has 0 spiro atoms. The maximum Gasteiger partial charge on any atom is 0.0645 e. The van der Waals surface area contributed by atoms with E-state index < -0.39 is 0 Å². The summed E-state index contributed by atoms with van der Waals surface area (Å²) in [5.74, 6) is 0. The number of morpholine rings is 1. The van der Waals surface area contributed by atoms with Crippen molar-refractivity contribution in [1.82, 2.24) is 4.90 Å². The number of hydrogen-bond acceptors (Lipinski definition) is 4. The van der Waals surface area contributed by atoms with Gasteiger partial charge in [-0.1, -0.05) is 0 Å². The first kappa shape index (κ1) is 13.3. The highest BCUT2D eigenvalue weighted by atomic mass is 16.5. The number of nitrogens with zero attached hydrogens (tertiary/aromatic N) is 1. The molecular formula is C13H25NO3. The SMILES string of the molecule is CC1(C)COCCN1CC1(CO)CCCOC1. The Morgan fingerprint density at radius 1 is 1.18 bits per heavy atom. The number of hydrogen-bond donors (Lipinski definition) is 1. The van der Waals surface area contributed by atoms with Gasteiger partial charge >= 0.3 is 0 Å². The molecule has 17 heavy (non-hydrogen) atoms. The van der Waals surface area contributed by atoms with Crippen molar-refractivity contribution < 1.29 is 14.6 Å². The van der Waals surface area contributed by atoms with E-state index >= 15 is 0 Å². The summed E-state index contributed by atoms with van der Waals surface area (Å²) >= 11 is 0. The summed E-state index contributed by atoms with van der Waals surface area (Å²) in [6.45, 7) is 9.61. The molecule has 0 amide bonds. The van der Waals surface area contributed by atoms with Gasteiger partial charge in [0.1, 0.15) is 0 Å². The third-order valence-corrected chi connectivity index (χ3v) is 4.08. The number of rotatable bonds is 3. The summed E-state index contributed by atoms with van der Waals surface area (Å²) in [4.78, 5) is 2.45. The molecule has 4 heteroatoms. The summed E-state index contributed by atoms with van der Waals surface area (Å²) in [5, 5.41) is 9.70. The molecule has 0 aliphatic carbocycles. The van der Waals surface area contributed by atoms with Gasteiger partial charge in [0, 0.05) is 30.7 Å². The molecule has 2 rings (SSSR count). The van der Waals surface area contributed by atoms with E-state index in [1.54, 1.807) is 0 Å². The molecule has 1 N–H and O–H groups in total. The topological polar surface area (TPSA) is 41.9 Å². The first-order valence-electron chi connectivity index (χ1n) is 6.59. The number of aliphatic hydroxyl groups excluding tert-OH is 1.